The highest BCUT2D eigenvalue weighted by Crippen LogP contribution is 2.24. The van der Waals surface area contributed by atoms with E-state index in [2.05, 4.69) is 0 Å². The molecule has 0 unspecified atom stereocenters. The molecule has 1 aromatic heterocycles. The second-order valence-corrected chi connectivity index (χ2v) is 5.33. The van der Waals surface area contributed by atoms with Crippen molar-refractivity contribution in [3.63, 3.8) is 0 Å². The number of thiophene rings is 1. The van der Waals surface area contributed by atoms with Gasteiger partial charge in [0.2, 0.25) is 0 Å². The summed E-state index contributed by atoms with van der Waals surface area (Å²) in [4.78, 5) is 3.19. The van der Waals surface area contributed by atoms with Crippen molar-refractivity contribution in [3.05, 3.63) is 21.3 Å². The van der Waals surface area contributed by atoms with Crippen molar-refractivity contribution in [2.45, 2.75) is 18.8 Å². The van der Waals surface area contributed by atoms with E-state index in [-0.39, 0.29) is 0 Å². The van der Waals surface area contributed by atoms with Gasteiger partial charge in [0.1, 0.15) is 0 Å². The first kappa shape index (κ1) is 10.4. The number of aliphatic hydroxyl groups is 2. The van der Waals surface area contributed by atoms with Gasteiger partial charge < -0.3 is 10.2 Å². The van der Waals surface area contributed by atoms with Crippen LogP contribution in [0.3, 0.4) is 0 Å². The van der Waals surface area contributed by atoms with Gasteiger partial charge in [-0.3, -0.25) is 4.90 Å². The second-order valence-electron chi connectivity index (χ2n) is 3.53. The van der Waals surface area contributed by atoms with Gasteiger partial charge >= 0.3 is 0 Å². The van der Waals surface area contributed by atoms with Gasteiger partial charge in [0.05, 0.1) is 16.5 Å². The standard InChI is InChI=1S/C9H12ClNO2S/c10-9-2-1-6(14-9)3-11-4-7(12)8(13)5-11/h1-2,7-8,12-13H,3-5H2/t7-,8-/m1/s1. The lowest BCUT2D eigenvalue weighted by molar-refractivity contribution is 0.0572. The van der Waals surface area contributed by atoms with Crippen molar-refractivity contribution in [2.75, 3.05) is 13.1 Å². The predicted molar refractivity (Wildman–Crippen MR) is 56.6 cm³/mol. The van der Waals surface area contributed by atoms with Crippen molar-refractivity contribution >= 4 is 22.9 Å². The van der Waals surface area contributed by atoms with Gasteiger partial charge in [-0.15, -0.1) is 11.3 Å². The van der Waals surface area contributed by atoms with Gasteiger partial charge in [-0.1, -0.05) is 11.6 Å². The van der Waals surface area contributed by atoms with Crippen LogP contribution in [0.4, 0.5) is 0 Å². The van der Waals surface area contributed by atoms with Gasteiger partial charge in [-0.25, -0.2) is 0 Å². The topological polar surface area (TPSA) is 43.7 Å². The van der Waals surface area contributed by atoms with Crippen LogP contribution in [0.15, 0.2) is 12.1 Å². The van der Waals surface area contributed by atoms with E-state index >= 15 is 0 Å². The number of nitrogens with zero attached hydrogens (tertiary/aromatic N) is 1. The summed E-state index contributed by atoms with van der Waals surface area (Å²) >= 11 is 7.34. The van der Waals surface area contributed by atoms with E-state index in [1.165, 1.54) is 11.3 Å². The maximum Gasteiger partial charge on any atom is 0.0938 e. The molecule has 0 aromatic carbocycles. The third-order valence-electron chi connectivity index (χ3n) is 2.34. The van der Waals surface area contributed by atoms with Crippen LogP contribution in [0.25, 0.3) is 0 Å². The van der Waals surface area contributed by atoms with Crippen LogP contribution in [0, 0.1) is 0 Å². The van der Waals surface area contributed by atoms with E-state index in [9.17, 15) is 10.2 Å². The largest absolute Gasteiger partial charge is 0.389 e. The Balaban J connectivity index is 1.93. The van der Waals surface area contributed by atoms with E-state index in [4.69, 9.17) is 11.6 Å². The number of hydrogen-bond donors (Lipinski definition) is 2. The Labute approximate surface area is 91.5 Å². The van der Waals surface area contributed by atoms with Crippen molar-refractivity contribution < 1.29 is 10.2 Å². The first-order chi connectivity index (χ1) is 6.65. The monoisotopic (exact) mass is 233 g/mol. The first-order valence-electron chi connectivity index (χ1n) is 4.48. The van der Waals surface area contributed by atoms with Crippen molar-refractivity contribution in [2.24, 2.45) is 0 Å². The van der Waals surface area contributed by atoms with Crippen LogP contribution in [0.5, 0.6) is 0 Å². The molecule has 2 N–H and O–H groups in total. The molecule has 2 heterocycles. The number of halogens is 1. The lowest BCUT2D eigenvalue weighted by Crippen LogP contribution is -2.22. The van der Waals surface area contributed by atoms with E-state index < -0.39 is 12.2 Å². The fourth-order valence-electron chi connectivity index (χ4n) is 1.63. The predicted octanol–water partition coefficient (Wildman–Crippen LogP) is 0.939. The molecule has 78 valence electrons. The molecule has 0 spiro atoms. The number of rotatable bonds is 2. The van der Waals surface area contributed by atoms with Crippen molar-refractivity contribution in [1.29, 1.82) is 0 Å². The third kappa shape index (κ3) is 2.27. The molecule has 2 rings (SSSR count). The zero-order valence-electron chi connectivity index (χ0n) is 7.56. The van der Waals surface area contributed by atoms with Gasteiger partial charge in [0, 0.05) is 24.5 Å². The van der Waals surface area contributed by atoms with E-state index in [0.717, 1.165) is 15.8 Å². The molecular formula is C9H12ClNO2S. The molecule has 0 bridgehead atoms. The number of β-amino-alcohol motifs (C(OH)–C–C–N with tert-alkyl or cyclic N) is 2. The minimum atomic E-state index is -0.606. The molecule has 0 aliphatic carbocycles. The summed E-state index contributed by atoms with van der Waals surface area (Å²) < 4.78 is 0.778. The van der Waals surface area contributed by atoms with Crippen LogP contribution in [0.2, 0.25) is 4.34 Å². The maximum atomic E-state index is 9.34. The highest BCUT2D eigenvalue weighted by molar-refractivity contribution is 7.16. The Morgan fingerprint density at radius 1 is 1.36 bits per heavy atom. The fourth-order valence-corrected chi connectivity index (χ4v) is 2.76. The Hall–Kier alpha value is -0.130. The highest BCUT2D eigenvalue weighted by Gasteiger charge is 2.29. The van der Waals surface area contributed by atoms with Gasteiger partial charge in [0.15, 0.2) is 0 Å². The zero-order chi connectivity index (χ0) is 10.1. The lowest BCUT2D eigenvalue weighted by Gasteiger charge is -2.12. The van der Waals surface area contributed by atoms with E-state index in [1.807, 2.05) is 17.0 Å². The number of likely N-dealkylation sites (tertiary alicyclic amines) is 1. The Morgan fingerprint density at radius 2 is 2.00 bits per heavy atom. The maximum absolute atomic E-state index is 9.34. The molecule has 14 heavy (non-hydrogen) atoms. The molecule has 2 atom stereocenters. The third-order valence-corrected chi connectivity index (χ3v) is 3.56. The molecule has 1 fully saturated rings. The second kappa shape index (κ2) is 4.16. The highest BCUT2D eigenvalue weighted by atomic mass is 35.5. The summed E-state index contributed by atoms with van der Waals surface area (Å²) in [6, 6.07) is 3.84. The number of aliphatic hydroxyl groups excluding tert-OH is 2. The fraction of sp³-hybridized carbons (Fsp3) is 0.556. The molecule has 1 aromatic rings. The molecule has 1 saturated heterocycles. The molecule has 0 saturated carbocycles. The smallest absolute Gasteiger partial charge is 0.0938 e. The van der Waals surface area contributed by atoms with Crippen LogP contribution in [-0.2, 0) is 6.54 Å². The Morgan fingerprint density at radius 3 is 2.50 bits per heavy atom. The zero-order valence-corrected chi connectivity index (χ0v) is 9.13. The molecule has 1 aliphatic heterocycles. The average molecular weight is 234 g/mol. The summed E-state index contributed by atoms with van der Waals surface area (Å²) in [5, 5.41) is 18.7. The summed E-state index contributed by atoms with van der Waals surface area (Å²) in [6.07, 6.45) is -1.21. The van der Waals surface area contributed by atoms with Gasteiger partial charge in [-0.2, -0.15) is 0 Å². The average Bonchev–Trinajstić information content (AvgIpc) is 2.62. The van der Waals surface area contributed by atoms with Crippen LogP contribution < -0.4 is 0 Å². The van der Waals surface area contributed by atoms with Gasteiger partial charge in [0.25, 0.3) is 0 Å². The van der Waals surface area contributed by atoms with Crippen molar-refractivity contribution in [1.82, 2.24) is 4.90 Å². The number of hydrogen-bond acceptors (Lipinski definition) is 4. The summed E-state index contributed by atoms with van der Waals surface area (Å²) in [5.41, 5.74) is 0. The first-order valence-corrected chi connectivity index (χ1v) is 5.67. The molecular weight excluding hydrogens is 222 g/mol. The van der Waals surface area contributed by atoms with Gasteiger partial charge in [-0.05, 0) is 12.1 Å². The van der Waals surface area contributed by atoms with Crippen LogP contribution in [-0.4, -0.2) is 40.4 Å². The van der Waals surface area contributed by atoms with Crippen LogP contribution in [0.1, 0.15) is 4.88 Å². The molecule has 0 amide bonds. The summed E-state index contributed by atoms with van der Waals surface area (Å²) in [7, 11) is 0. The lowest BCUT2D eigenvalue weighted by atomic mass is 10.3. The van der Waals surface area contributed by atoms with Crippen molar-refractivity contribution in [3.8, 4) is 0 Å². The molecule has 3 nitrogen and oxygen atoms in total. The molecule has 1 aliphatic rings. The molecule has 0 radical (unpaired) electrons. The van der Waals surface area contributed by atoms with E-state index in [1.54, 1.807) is 0 Å². The normalized spacial score (nSPS) is 28.5. The van der Waals surface area contributed by atoms with E-state index in [0.29, 0.717) is 13.1 Å². The quantitative estimate of drug-likeness (QED) is 0.799. The SMILES string of the molecule is O[C@@H]1CN(Cc2ccc(Cl)s2)C[C@H]1O. The molecule has 5 heteroatoms. The Bertz CT molecular complexity index is 308. The Kier molecular flexibility index (Phi) is 3.09. The summed E-state index contributed by atoms with van der Waals surface area (Å²) in [5.74, 6) is 0. The summed E-state index contributed by atoms with van der Waals surface area (Å²) in [6.45, 7) is 1.83. The van der Waals surface area contributed by atoms with Crippen LogP contribution >= 0.6 is 22.9 Å². The minimum Gasteiger partial charge on any atom is -0.389 e. The minimum absolute atomic E-state index is 0.538.